The van der Waals surface area contributed by atoms with Crippen molar-refractivity contribution in [2.24, 2.45) is 0 Å². The molecule has 0 atom stereocenters. The molecule has 0 saturated heterocycles. The lowest BCUT2D eigenvalue weighted by atomic mass is 10.2. The van der Waals surface area contributed by atoms with E-state index in [1.165, 1.54) is 28.0 Å². The monoisotopic (exact) mass is 354 g/mol. The van der Waals surface area contributed by atoms with Crippen molar-refractivity contribution in [2.75, 3.05) is 32.6 Å². The number of phenols is 1. The van der Waals surface area contributed by atoms with E-state index in [1.807, 2.05) is 24.3 Å². The first-order valence-electron chi connectivity index (χ1n) is 8.03. The van der Waals surface area contributed by atoms with Gasteiger partial charge in [0.2, 0.25) is 11.8 Å². The van der Waals surface area contributed by atoms with Crippen LogP contribution in [0.25, 0.3) is 6.08 Å². The number of rotatable bonds is 6. The molecule has 0 bridgehead atoms. The standard InChI is InChI=1S/C20H22N2O4/c1-21(14-20(25)22(2)16-8-10-17(23)11-9-16)19(24)12-7-15-5-4-6-18(13-15)26-3/h4-13,23H,14H2,1-3H3/b12-7+. The first kappa shape index (κ1) is 19.1. The van der Waals surface area contributed by atoms with Gasteiger partial charge in [-0.15, -0.1) is 0 Å². The van der Waals surface area contributed by atoms with Crippen molar-refractivity contribution >= 4 is 23.6 Å². The first-order valence-corrected chi connectivity index (χ1v) is 8.03. The molecule has 0 aromatic heterocycles. The Kier molecular flexibility index (Phi) is 6.38. The summed E-state index contributed by atoms with van der Waals surface area (Å²) in [6.07, 6.45) is 3.10. The highest BCUT2D eigenvalue weighted by atomic mass is 16.5. The van der Waals surface area contributed by atoms with E-state index in [0.29, 0.717) is 11.4 Å². The van der Waals surface area contributed by atoms with Gasteiger partial charge in [0.1, 0.15) is 18.0 Å². The van der Waals surface area contributed by atoms with Crippen LogP contribution < -0.4 is 9.64 Å². The van der Waals surface area contributed by atoms with Crippen molar-refractivity contribution in [1.29, 1.82) is 0 Å². The summed E-state index contributed by atoms with van der Waals surface area (Å²) in [6, 6.07) is 13.6. The fourth-order valence-electron chi connectivity index (χ4n) is 2.25. The third-order valence-electron chi connectivity index (χ3n) is 3.87. The molecule has 0 unspecified atom stereocenters. The Morgan fingerprint density at radius 1 is 1.12 bits per heavy atom. The Balaban J connectivity index is 1.96. The van der Waals surface area contributed by atoms with E-state index < -0.39 is 0 Å². The number of aromatic hydroxyl groups is 1. The van der Waals surface area contributed by atoms with Crippen molar-refractivity contribution in [3.8, 4) is 11.5 Å². The number of carbonyl (C=O) groups is 2. The summed E-state index contributed by atoms with van der Waals surface area (Å²) in [5, 5.41) is 9.31. The molecular formula is C20H22N2O4. The van der Waals surface area contributed by atoms with E-state index in [-0.39, 0.29) is 24.1 Å². The van der Waals surface area contributed by atoms with Crippen molar-refractivity contribution in [1.82, 2.24) is 4.90 Å². The van der Waals surface area contributed by atoms with Gasteiger partial charge in [0.05, 0.1) is 7.11 Å². The lowest BCUT2D eigenvalue weighted by Gasteiger charge is -2.21. The number of carbonyl (C=O) groups excluding carboxylic acids is 2. The highest BCUT2D eigenvalue weighted by Gasteiger charge is 2.15. The molecular weight excluding hydrogens is 332 g/mol. The molecule has 0 heterocycles. The lowest BCUT2D eigenvalue weighted by molar-refractivity contribution is -0.129. The SMILES string of the molecule is COc1cccc(/C=C/C(=O)N(C)CC(=O)N(C)c2ccc(O)cc2)c1. The summed E-state index contributed by atoms with van der Waals surface area (Å²) in [5.74, 6) is 0.324. The van der Waals surface area contributed by atoms with Crippen LogP contribution in [0.3, 0.4) is 0 Å². The molecule has 2 rings (SSSR count). The summed E-state index contributed by atoms with van der Waals surface area (Å²) in [7, 11) is 4.78. The topological polar surface area (TPSA) is 70.1 Å². The van der Waals surface area contributed by atoms with E-state index in [4.69, 9.17) is 4.74 Å². The van der Waals surface area contributed by atoms with Crippen LogP contribution in [-0.2, 0) is 9.59 Å². The molecule has 0 aliphatic heterocycles. The van der Waals surface area contributed by atoms with Gasteiger partial charge in [-0.05, 0) is 48.0 Å². The minimum atomic E-state index is -0.278. The van der Waals surface area contributed by atoms with E-state index >= 15 is 0 Å². The zero-order valence-corrected chi connectivity index (χ0v) is 15.0. The molecule has 136 valence electrons. The summed E-state index contributed by atoms with van der Waals surface area (Å²) < 4.78 is 5.14. The summed E-state index contributed by atoms with van der Waals surface area (Å²) in [6.45, 7) is -0.0569. The number of benzene rings is 2. The third kappa shape index (κ3) is 5.11. The molecule has 6 heteroatoms. The number of nitrogens with zero attached hydrogens (tertiary/aromatic N) is 2. The Labute approximate surface area is 152 Å². The average Bonchev–Trinajstić information content (AvgIpc) is 2.66. The van der Waals surface area contributed by atoms with Crippen LogP contribution in [0.4, 0.5) is 5.69 Å². The maximum Gasteiger partial charge on any atom is 0.246 e. The first-order chi connectivity index (χ1) is 12.4. The van der Waals surface area contributed by atoms with E-state index in [0.717, 1.165) is 5.56 Å². The van der Waals surface area contributed by atoms with Crippen LogP contribution in [0.5, 0.6) is 11.5 Å². The van der Waals surface area contributed by atoms with Gasteiger partial charge >= 0.3 is 0 Å². The van der Waals surface area contributed by atoms with Crippen LogP contribution in [0.1, 0.15) is 5.56 Å². The fraction of sp³-hybridized carbons (Fsp3) is 0.200. The lowest BCUT2D eigenvalue weighted by Crippen LogP contribution is -2.38. The molecule has 2 aromatic carbocycles. The van der Waals surface area contributed by atoms with Gasteiger partial charge in [-0.3, -0.25) is 9.59 Å². The molecule has 2 amide bonds. The van der Waals surface area contributed by atoms with Gasteiger partial charge in [-0.25, -0.2) is 0 Å². The number of likely N-dealkylation sites (N-methyl/N-ethyl adjacent to an activating group) is 2. The normalized spacial score (nSPS) is 10.6. The molecule has 0 aliphatic rings. The van der Waals surface area contributed by atoms with Crippen molar-refractivity contribution < 1.29 is 19.4 Å². The van der Waals surface area contributed by atoms with Gasteiger partial charge in [-0.1, -0.05) is 12.1 Å². The number of phenolic OH excluding ortho intramolecular Hbond substituents is 1. The largest absolute Gasteiger partial charge is 0.508 e. The van der Waals surface area contributed by atoms with Gasteiger partial charge in [-0.2, -0.15) is 0 Å². The van der Waals surface area contributed by atoms with E-state index in [1.54, 1.807) is 39.4 Å². The summed E-state index contributed by atoms with van der Waals surface area (Å²) >= 11 is 0. The Morgan fingerprint density at radius 3 is 2.46 bits per heavy atom. The highest BCUT2D eigenvalue weighted by molar-refractivity contribution is 5.99. The molecule has 26 heavy (non-hydrogen) atoms. The van der Waals surface area contributed by atoms with E-state index in [2.05, 4.69) is 0 Å². The van der Waals surface area contributed by atoms with Crippen LogP contribution in [-0.4, -0.2) is 49.6 Å². The second-order valence-electron chi connectivity index (χ2n) is 5.77. The predicted molar refractivity (Wildman–Crippen MR) is 101 cm³/mol. The quantitative estimate of drug-likeness (QED) is 0.810. The third-order valence-corrected chi connectivity index (χ3v) is 3.87. The minimum absolute atomic E-state index is 0.0569. The number of amides is 2. The van der Waals surface area contributed by atoms with Gasteiger partial charge < -0.3 is 19.6 Å². The molecule has 1 N–H and O–H groups in total. The van der Waals surface area contributed by atoms with Crippen LogP contribution >= 0.6 is 0 Å². The van der Waals surface area contributed by atoms with Gasteiger partial charge in [0, 0.05) is 25.9 Å². The fourth-order valence-corrected chi connectivity index (χ4v) is 2.25. The second kappa shape index (κ2) is 8.71. The van der Waals surface area contributed by atoms with Gasteiger partial charge in [0.25, 0.3) is 0 Å². The maximum atomic E-state index is 12.3. The zero-order chi connectivity index (χ0) is 19.1. The Hall–Kier alpha value is -3.28. The van der Waals surface area contributed by atoms with Crippen molar-refractivity contribution in [2.45, 2.75) is 0 Å². The highest BCUT2D eigenvalue weighted by Crippen LogP contribution is 2.17. The molecule has 0 fully saturated rings. The minimum Gasteiger partial charge on any atom is -0.508 e. The number of ether oxygens (including phenoxy) is 1. The van der Waals surface area contributed by atoms with Crippen LogP contribution in [0.2, 0.25) is 0 Å². The van der Waals surface area contributed by atoms with Crippen molar-refractivity contribution in [3.05, 3.63) is 60.2 Å². The summed E-state index contributed by atoms with van der Waals surface area (Å²) in [5.41, 5.74) is 1.47. The maximum absolute atomic E-state index is 12.3. The number of methoxy groups -OCH3 is 1. The summed E-state index contributed by atoms with van der Waals surface area (Å²) in [4.78, 5) is 27.3. The molecule has 0 spiro atoms. The average molecular weight is 354 g/mol. The molecule has 2 aromatic rings. The van der Waals surface area contributed by atoms with Crippen LogP contribution in [0.15, 0.2) is 54.6 Å². The Bertz CT molecular complexity index is 800. The Morgan fingerprint density at radius 2 is 1.81 bits per heavy atom. The van der Waals surface area contributed by atoms with E-state index in [9.17, 15) is 14.7 Å². The molecule has 0 radical (unpaired) electrons. The van der Waals surface area contributed by atoms with Crippen molar-refractivity contribution in [3.63, 3.8) is 0 Å². The predicted octanol–water partition coefficient (Wildman–Crippen LogP) is 2.54. The van der Waals surface area contributed by atoms with Crippen LogP contribution in [0, 0.1) is 0 Å². The zero-order valence-electron chi connectivity index (χ0n) is 15.0. The number of hydrogen-bond donors (Lipinski definition) is 1. The number of hydrogen-bond acceptors (Lipinski definition) is 4. The molecule has 6 nitrogen and oxygen atoms in total. The molecule has 0 aliphatic carbocycles. The smallest absolute Gasteiger partial charge is 0.246 e. The number of anilines is 1. The molecule has 0 saturated carbocycles. The van der Waals surface area contributed by atoms with Gasteiger partial charge in [0.15, 0.2) is 0 Å². The second-order valence-corrected chi connectivity index (χ2v) is 5.77.